The van der Waals surface area contributed by atoms with E-state index in [1.54, 1.807) is 32.7 Å². The van der Waals surface area contributed by atoms with Crippen molar-refractivity contribution in [3.63, 3.8) is 0 Å². The molecule has 2 saturated heterocycles. The fraction of sp³-hybridized carbons (Fsp3) is 0.281. The highest BCUT2D eigenvalue weighted by atomic mass is 16.5. The fourth-order valence-corrected chi connectivity index (χ4v) is 10.6. The molecule has 10 heterocycles. The van der Waals surface area contributed by atoms with Crippen LogP contribution in [0.15, 0.2) is 94.2 Å². The number of rotatable bonds is 10. The summed E-state index contributed by atoms with van der Waals surface area (Å²) in [6, 6.07) is 23.4. The zero-order valence-corrected chi connectivity index (χ0v) is 48.5. The van der Waals surface area contributed by atoms with E-state index in [1.807, 2.05) is 122 Å². The normalized spacial score (nSPS) is 12.8. The zero-order valence-electron chi connectivity index (χ0n) is 49.5. The molecular formula is C64H70BN12O10. The van der Waals surface area contributed by atoms with Crippen molar-refractivity contribution in [1.29, 1.82) is 1.34 Å². The van der Waals surface area contributed by atoms with Gasteiger partial charge in [-0.1, -0.05) is 57.2 Å². The molecule has 2 aliphatic rings. The monoisotopic (exact) mass is 1180 g/mol. The van der Waals surface area contributed by atoms with Gasteiger partial charge >= 0.3 is 0 Å². The number of pyridine rings is 2. The first-order valence-electron chi connectivity index (χ1n) is 27.9. The molecule has 87 heavy (non-hydrogen) atoms. The third-order valence-corrected chi connectivity index (χ3v) is 14.4. The van der Waals surface area contributed by atoms with Crippen LogP contribution in [0.1, 0.15) is 73.6 Å². The summed E-state index contributed by atoms with van der Waals surface area (Å²) in [5.74, 6) is 4.26. The standard InChI is InChI=1S/C30H26N6O4.C27H21N5O4.C3H7NO.C2H6.2CH4.BH2O/c1-14-25(15(2)40-36-14)22-10-23-21(11-24(22)38-4)26-28(32-16(3)33-29(26)35-23)19-7-8-20(27-18(19)6-5-9-31-27)30(37)34-17-12-39-13-17;1-13-23(14(2)36-32-13)19-10-20-18(11-22(19)34-4)24-26(29-15(3)30-27(24)31-20)17-7-8-21(35-12-33)25-16(17)6-5-9-28-25;4-3-1-5-2-3;1-2;;;1-2/h5-11,17H,12-13H2,1-4H3,(H,34,37)(H,32,33,35);5-12H,1-4H3,(H,29,30,31);3H,1-2,4H2;1-2H3;2*1H4;1-2H/i;;;;;;1T. The maximum Gasteiger partial charge on any atom is 0.298 e. The lowest BCUT2D eigenvalue weighted by Crippen LogP contribution is -2.48. The van der Waals surface area contributed by atoms with Crippen LogP contribution < -0.4 is 25.3 Å². The van der Waals surface area contributed by atoms with Crippen LogP contribution in [0.25, 0.3) is 110 Å². The predicted molar refractivity (Wildman–Crippen MR) is 339 cm³/mol. The molecule has 2 aliphatic heterocycles. The molecule has 0 aliphatic carbocycles. The lowest BCUT2D eigenvalue weighted by Gasteiger charge is -2.27. The van der Waals surface area contributed by atoms with Crippen LogP contribution in [0.3, 0.4) is 0 Å². The lowest BCUT2D eigenvalue weighted by atomic mass is 9.97. The average Bonchev–Trinajstić information content (AvgIpc) is 1.81. The Morgan fingerprint density at radius 1 is 0.667 bits per heavy atom. The summed E-state index contributed by atoms with van der Waals surface area (Å²) in [5.41, 5.74) is 18.5. The highest BCUT2D eigenvalue weighted by molar-refractivity contribution is 6.18. The number of H-pyrrole nitrogens is 2. The number of carbonyl (C=O) groups excluding carboxylic acids is 2. The lowest BCUT2D eigenvalue weighted by molar-refractivity contribution is -0.120. The highest BCUT2D eigenvalue weighted by Crippen LogP contribution is 2.45. The van der Waals surface area contributed by atoms with Crippen molar-refractivity contribution in [2.45, 2.75) is 82.3 Å². The first-order valence-corrected chi connectivity index (χ1v) is 27.3. The van der Waals surface area contributed by atoms with Gasteiger partial charge in [-0.05, 0) is 96.1 Å². The summed E-state index contributed by atoms with van der Waals surface area (Å²) in [6.45, 7) is 18.3. The van der Waals surface area contributed by atoms with Crippen molar-refractivity contribution < 1.29 is 47.3 Å². The minimum absolute atomic E-state index is 0. The minimum atomic E-state index is -0.170. The first-order chi connectivity index (χ1) is 41.7. The van der Waals surface area contributed by atoms with E-state index in [1.165, 1.54) is 0 Å². The molecule has 0 unspecified atom stereocenters. The average molecular weight is 1180 g/mol. The Bertz CT molecular complexity index is 4460. The quantitative estimate of drug-likeness (QED) is 0.0628. The summed E-state index contributed by atoms with van der Waals surface area (Å²) in [6.07, 6.45) is 3.36. The van der Waals surface area contributed by atoms with E-state index in [-0.39, 0.29) is 34.8 Å². The number of hydrogen-bond acceptors (Lipinski definition) is 19. The highest BCUT2D eigenvalue weighted by Gasteiger charge is 2.27. The number of nitrogens with two attached hydrogens (primary N) is 1. The van der Waals surface area contributed by atoms with Crippen LogP contribution in [0, 0.1) is 41.5 Å². The van der Waals surface area contributed by atoms with Crippen molar-refractivity contribution in [2.75, 3.05) is 40.6 Å². The molecule has 1 radical (unpaired) electrons. The van der Waals surface area contributed by atoms with Gasteiger partial charge in [0.1, 0.15) is 51.5 Å². The van der Waals surface area contributed by atoms with Crippen molar-refractivity contribution in [3.8, 4) is 62.0 Å². The molecule has 12 aromatic rings. The number of hydrogen-bond donors (Lipinski definition) is 5. The predicted octanol–water partition coefficient (Wildman–Crippen LogP) is 10.9. The maximum atomic E-state index is 13.1. The fourth-order valence-electron chi connectivity index (χ4n) is 10.6. The molecule has 0 bridgehead atoms. The van der Waals surface area contributed by atoms with E-state index >= 15 is 0 Å². The van der Waals surface area contributed by atoms with E-state index in [0.717, 1.165) is 118 Å². The SMILES string of the molecule is C.C.CC.COc1cc2c(cc1-c1c(C)noc1C)[nH]c1nc(C)nc(-c3ccc(C(=O)NC4COC4)c4ncccc34)c12.COc1cc2c(cc1-c1c(C)noc1C)[nH]c1nc(C)nc(-c3ccc(OC=O)c4ncccc34)c12.NC1COC1.[3H][B]O. The summed E-state index contributed by atoms with van der Waals surface area (Å²) < 4.78 is 43.2. The second-order valence-corrected chi connectivity index (χ2v) is 19.8. The Hall–Kier alpha value is -9.68. The minimum Gasteiger partial charge on any atom is -0.496 e. The number of fused-ring (bicyclic) bond motifs is 8. The van der Waals surface area contributed by atoms with Gasteiger partial charge in [0.2, 0.25) is 0 Å². The molecule has 1 amide bonds. The second kappa shape index (κ2) is 27.1. The van der Waals surface area contributed by atoms with Gasteiger partial charge in [0, 0.05) is 68.6 Å². The van der Waals surface area contributed by atoms with Crippen LogP contribution in [0.4, 0.5) is 0 Å². The molecule has 8 aromatic heterocycles. The van der Waals surface area contributed by atoms with E-state index < -0.39 is 0 Å². The van der Waals surface area contributed by atoms with Gasteiger partial charge in [-0.3, -0.25) is 19.6 Å². The number of nitrogens with one attached hydrogen (secondary N) is 3. The van der Waals surface area contributed by atoms with Crippen LogP contribution in [-0.4, -0.2) is 130 Å². The first kappa shape index (κ1) is 61.9. The summed E-state index contributed by atoms with van der Waals surface area (Å²) in [4.78, 5) is 59.3. The van der Waals surface area contributed by atoms with Gasteiger partial charge in [-0.25, -0.2) is 19.9 Å². The zero-order chi connectivity index (χ0) is 60.9. The molecule has 2 fully saturated rings. The Morgan fingerprint density at radius 2 is 1.13 bits per heavy atom. The number of ether oxygens (including phenoxy) is 5. The molecule has 4 aromatic carbocycles. The van der Waals surface area contributed by atoms with Crippen molar-refractivity contribution in [2.24, 2.45) is 5.73 Å². The molecule has 6 N–H and O–H groups in total. The number of aryl methyl sites for hydroxylation is 6. The number of methoxy groups -OCH3 is 2. The Labute approximate surface area is 504 Å². The largest absolute Gasteiger partial charge is 0.496 e. The van der Waals surface area contributed by atoms with Gasteiger partial charge in [0.15, 0.2) is 5.75 Å². The van der Waals surface area contributed by atoms with E-state index in [4.69, 9.17) is 59.8 Å². The number of benzene rings is 4. The number of aromatic amines is 2. The molecule has 23 heteroatoms. The maximum absolute atomic E-state index is 13.1. The van der Waals surface area contributed by atoms with E-state index in [0.29, 0.717) is 88.3 Å². The van der Waals surface area contributed by atoms with E-state index in [2.05, 4.69) is 40.6 Å². The smallest absolute Gasteiger partial charge is 0.298 e. The van der Waals surface area contributed by atoms with Gasteiger partial charge in [0.25, 0.3) is 20.4 Å². The Morgan fingerprint density at radius 3 is 1.54 bits per heavy atom. The van der Waals surface area contributed by atoms with Crippen LogP contribution >= 0.6 is 0 Å². The topological polar surface area (TPSA) is 300 Å². The number of nitrogens with zero attached hydrogens (tertiary/aromatic N) is 8. The summed E-state index contributed by atoms with van der Waals surface area (Å²) in [7, 11) is 3.54. The van der Waals surface area contributed by atoms with Gasteiger partial charge in [0.05, 0.1) is 108 Å². The third kappa shape index (κ3) is 12.0. The van der Waals surface area contributed by atoms with Crippen molar-refractivity contribution >= 4 is 86.1 Å². The molecule has 449 valence electrons. The third-order valence-electron chi connectivity index (χ3n) is 14.4. The Balaban J connectivity index is 0.000000194. The molecule has 14 rings (SSSR count). The molecule has 22 nitrogen and oxygen atoms in total. The molecular weight excluding hydrogens is 1110 g/mol. The second-order valence-electron chi connectivity index (χ2n) is 19.8. The number of carbonyl (C=O) groups is 2. The molecule has 0 spiro atoms. The van der Waals surface area contributed by atoms with Crippen LogP contribution in [-0.2, 0) is 14.3 Å². The van der Waals surface area contributed by atoms with E-state index in [9.17, 15) is 9.59 Å². The van der Waals surface area contributed by atoms with Gasteiger partial charge in [-0.2, -0.15) is 0 Å². The van der Waals surface area contributed by atoms with Crippen LogP contribution in [0.5, 0.6) is 17.2 Å². The number of aromatic nitrogens is 10. The number of amides is 1. The molecule has 0 saturated carbocycles. The van der Waals surface area contributed by atoms with Crippen molar-refractivity contribution in [3.05, 3.63) is 125 Å². The van der Waals surface area contributed by atoms with Gasteiger partial charge in [-0.15, -0.1) is 0 Å². The van der Waals surface area contributed by atoms with Crippen LogP contribution in [0.2, 0.25) is 0 Å². The summed E-state index contributed by atoms with van der Waals surface area (Å²) >= 11 is 0. The van der Waals surface area contributed by atoms with Gasteiger partial charge < -0.3 is 58.8 Å². The summed E-state index contributed by atoms with van der Waals surface area (Å²) in [5, 5.41) is 23.5. The molecule has 0 atom stereocenters. The van der Waals surface area contributed by atoms with Crippen molar-refractivity contribution in [1.82, 2.24) is 55.5 Å². The Kier molecular flexibility index (Phi) is 19.3.